The van der Waals surface area contributed by atoms with Crippen molar-refractivity contribution in [3.63, 3.8) is 0 Å². The van der Waals surface area contributed by atoms with E-state index in [0.29, 0.717) is 5.92 Å². The quantitative estimate of drug-likeness (QED) is 0.876. The van der Waals surface area contributed by atoms with Gasteiger partial charge in [-0.2, -0.15) is 0 Å². The lowest BCUT2D eigenvalue weighted by molar-refractivity contribution is 0.350. The summed E-state index contributed by atoms with van der Waals surface area (Å²) in [5, 5.41) is 0. The number of ether oxygens (including phenoxy) is 2. The minimum atomic E-state index is 0.279. The zero-order valence-corrected chi connectivity index (χ0v) is 10.6. The van der Waals surface area contributed by atoms with Crippen LogP contribution in [0.15, 0.2) is 18.2 Å². The Labute approximate surface area is 103 Å². The lowest BCUT2D eigenvalue weighted by Gasteiger charge is -2.29. The Morgan fingerprint density at radius 3 is 2.41 bits per heavy atom. The van der Waals surface area contributed by atoms with E-state index in [1.165, 1.54) is 24.8 Å². The minimum Gasteiger partial charge on any atom is -0.493 e. The molecule has 1 aromatic rings. The molecule has 1 fully saturated rings. The van der Waals surface area contributed by atoms with Crippen LogP contribution in [0, 0.1) is 0 Å². The molecular weight excluding hydrogens is 214 g/mol. The van der Waals surface area contributed by atoms with E-state index in [9.17, 15) is 0 Å². The SMILES string of the molecule is COc1ccc([C@@H]2CCCC[C@H]2N)cc1OC. The highest BCUT2D eigenvalue weighted by Gasteiger charge is 2.24. The molecule has 0 radical (unpaired) electrons. The smallest absolute Gasteiger partial charge is 0.160 e. The van der Waals surface area contributed by atoms with Crippen LogP contribution in [0.1, 0.15) is 37.2 Å². The maximum atomic E-state index is 6.20. The molecule has 2 N–H and O–H groups in total. The predicted molar refractivity (Wildman–Crippen MR) is 68.7 cm³/mol. The van der Waals surface area contributed by atoms with Gasteiger partial charge in [0.15, 0.2) is 11.5 Å². The summed E-state index contributed by atoms with van der Waals surface area (Å²) >= 11 is 0. The summed E-state index contributed by atoms with van der Waals surface area (Å²) in [6.45, 7) is 0. The highest BCUT2D eigenvalue weighted by molar-refractivity contribution is 5.44. The van der Waals surface area contributed by atoms with Crippen molar-refractivity contribution < 1.29 is 9.47 Å². The molecule has 0 heterocycles. The van der Waals surface area contributed by atoms with Gasteiger partial charge in [-0.15, -0.1) is 0 Å². The average molecular weight is 235 g/mol. The Balaban J connectivity index is 2.25. The normalized spacial score (nSPS) is 24.4. The largest absolute Gasteiger partial charge is 0.493 e. The van der Waals surface area contributed by atoms with Crippen molar-refractivity contribution in [2.45, 2.75) is 37.6 Å². The van der Waals surface area contributed by atoms with Crippen LogP contribution in [0.5, 0.6) is 11.5 Å². The molecular formula is C14H21NO2. The van der Waals surface area contributed by atoms with E-state index in [1.807, 2.05) is 6.07 Å². The zero-order chi connectivity index (χ0) is 12.3. The van der Waals surface area contributed by atoms with E-state index in [1.54, 1.807) is 14.2 Å². The number of nitrogens with two attached hydrogens (primary N) is 1. The first-order chi connectivity index (χ1) is 8.26. The van der Waals surface area contributed by atoms with Crippen LogP contribution in [0.3, 0.4) is 0 Å². The van der Waals surface area contributed by atoms with Gasteiger partial charge in [-0.25, -0.2) is 0 Å². The maximum Gasteiger partial charge on any atom is 0.160 e. The van der Waals surface area contributed by atoms with Gasteiger partial charge < -0.3 is 15.2 Å². The summed E-state index contributed by atoms with van der Waals surface area (Å²) in [5.74, 6) is 2.03. The lowest BCUT2D eigenvalue weighted by Crippen LogP contribution is -2.31. The number of hydrogen-bond acceptors (Lipinski definition) is 3. The molecule has 3 heteroatoms. The first kappa shape index (κ1) is 12.2. The van der Waals surface area contributed by atoms with Gasteiger partial charge in [0.1, 0.15) is 0 Å². The summed E-state index contributed by atoms with van der Waals surface area (Å²) in [6, 6.07) is 6.42. The molecule has 3 nitrogen and oxygen atoms in total. The molecule has 0 amide bonds. The molecule has 2 rings (SSSR count). The Hall–Kier alpha value is -1.22. The van der Waals surface area contributed by atoms with Crippen molar-refractivity contribution in [2.24, 2.45) is 5.73 Å². The van der Waals surface area contributed by atoms with E-state index >= 15 is 0 Å². The molecule has 0 aromatic heterocycles. The second kappa shape index (κ2) is 5.41. The molecule has 1 saturated carbocycles. The zero-order valence-electron chi connectivity index (χ0n) is 10.6. The standard InChI is InChI=1S/C14H21NO2/c1-16-13-8-7-10(9-14(13)17-2)11-5-3-4-6-12(11)15/h7-9,11-12H,3-6,15H2,1-2H3/t11-,12+/m0/s1. The molecule has 2 atom stereocenters. The van der Waals surface area contributed by atoms with Gasteiger partial charge in [-0.05, 0) is 36.5 Å². The Morgan fingerprint density at radius 2 is 1.76 bits per heavy atom. The number of rotatable bonds is 3. The fourth-order valence-corrected chi connectivity index (χ4v) is 2.66. The highest BCUT2D eigenvalue weighted by Crippen LogP contribution is 2.36. The Bertz CT molecular complexity index is 378. The third kappa shape index (κ3) is 2.55. The third-order valence-corrected chi connectivity index (χ3v) is 3.66. The van der Waals surface area contributed by atoms with Crippen LogP contribution < -0.4 is 15.2 Å². The van der Waals surface area contributed by atoms with Gasteiger partial charge in [0, 0.05) is 6.04 Å². The Kier molecular flexibility index (Phi) is 3.89. The molecule has 17 heavy (non-hydrogen) atoms. The lowest BCUT2D eigenvalue weighted by atomic mass is 9.80. The van der Waals surface area contributed by atoms with Crippen molar-refractivity contribution in [1.29, 1.82) is 0 Å². The molecule has 94 valence electrons. The fraction of sp³-hybridized carbons (Fsp3) is 0.571. The molecule has 1 aliphatic rings. The molecule has 0 bridgehead atoms. The summed E-state index contributed by atoms with van der Waals surface area (Å²) in [4.78, 5) is 0. The summed E-state index contributed by atoms with van der Waals surface area (Å²) in [6.07, 6.45) is 4.83. The van der Waals surface area contributed by atoms with Crippen LogP contribution >= 0.6 is 0 Å². The molecule has 1 aliphatic carbocycles. The van der Waals surface area contributed by atoms with Gasteiger partial charge in [0.05, 0.1) is 14.2 Å². The van der Waals surface area contributed by atoms with Crippen molar-refractivity contribution in [1.82, 2.24) is 0 Å². The van der Waals surface area contributed by atoms with Gasteiger partial charge in [-0.1, -0.05) is 18.9 Å². The van der Waals surface area contributed by atoms with Crippen molar-refractivity contribution >= 4 is 0 Å². The van der Waals surface area contributed by atoms with Crippen LogP contribution in [0.4, 0.5) is 0 Å². The predicted octanol–water partition coefficient (Wildman–Crippen LogP) is 2.69. The third-order valence-electron chi connectivity index (χ3n) is 3.66. The summed E-state index contributed by atoms with van der Waals surface area (Å²) in [5.41, 5.74) is 7.47. The first-order valence-corrected chi connectivity index (χ1v) is 6.23. The first-order valence-electron chi connectivity index (χ1n) is 6.23. The molecule has 0 aliphatic heterocycles. The van der Waals surface area contributed by atoms with Gasteiger partial charge in [0.25, 0.3) is 0 Å². The van der Waals surface area contributed by atoms with E-state index in [4.69, 9.17) is 15.2 Å². The summed E-state index contributed by atoms with van der Waals surface area (Å²) in [7, 11) is 3.33. The monoisotopic (exact) mass is 235 g/mol. The fourth-order valence-electron chi connectivity index (χ4n) is 2.66. The van der Waals surface area contributed by atoms with Crippen molar-refractivity contribution in [3.8, 4) is 11.5 Å². The molecule has 0 saturated heterocycles. The van der Waals surface area contributed by atoms with E-state index in [0.717, 1.165) is 17.9 Å². The van der Waals surface area contributed by atoms with Gasteiger partial charge in [0.2, 0.25) is 0 Å². The second-order valence-electron chi connectivity index (χ2n) is 4.67. The van der Waals surface area contributed by atoms with Crippen LogP contribution in [0.2, 0.25) is 0 Å². The van der Waals surface area contributed by atoms with E-state index in [2.05, 4.69) is 12.1 Å². The van der Waals surface area contributed by atoms with Crippen molar-refractivity contribution in [3.05, 3.63) is 23.8 Å². The van der Waals surface area contributed by atoms with Gasteiger partial charge in [-0.3, -0.25) is 0 Å². The number of hydrogen-bond donors (Lipinski definition) is 1. The summed E-state index contributed by atoms with van der Waals surface area (Å²) < 4.78 is 10.6. The van der Waals surface area contributed by atoms with Crippen molar-refractivity contribution in [2.75, 3.05) is 14.2 Å². The minimum absolute atomic E-state index is 0.279. The number of benzene rings is 1. The molecule has 0 spiro atoms. The van der Waals surface area contributed by atoms with E-state index in [-0.39, 0.29) is 6.04 Å². The second-order valence-corrected chi connectivity index (χ2v) is 4.67. The topological polar surface area (TPSA) is 44.5 Å². The maximum absolute atomic E-state index is 6.20. The highest BCUT2D eigenvalue weighted by atomic mass is 16.5. The average Bonchev–Trinajstić information content (AvgIpc) is 2.38. The molecule has 0 unspecified atom stereocenters. The Morgan fingerprint density at radius 1 is 1.06 bits per heavy atom. The van der Waals surface area contributed by atoms with Crippen LogP contribution in [-0.2, 0) is 0 Å². The van der Waals surface area contributed by atoms with Gasteiger partial charge >= 0.3 is 0 Å². The van der Waals surface area contributed by atoms with Crippen LogP contribution in [-0.4, -0.2) is 20.3 Å². The van der Waals surface area contributed by atoms with E-state index < -0.39 is 0 Å². The number of methoxy groups -OCH3 is 2. The molecule has 1 aromatic carbocycles. The van der Waals surface area contributed by atoms with Crippen LogP contribution in [0.25, 0.3) is 0 Å².